The summed E-state index contributed by atoms with van der Waals surface area (Å²) >= 11 is 0. The Morgan fingerprint density at radius 1 is 1.10 bits per heavy atom. The first-order valence-corrected chi connectivity index (χ1v) is 6.95. The van der Waals surface area contributed by atoms with Gasteiger partial charge in [-0.2, -0.15) is 0 Å². The molecule has 1 atom stereocenters. The molecule has 1 unspecified atom stereocenters. The van der Waals surface area contributed by atoms with Gasteiger partial charge in [0.15, 0.2) is 0 Å². The number of halogens is 3. The topological polar surface area (TPSA) is 30.5 Å². The fourth-order valence-corrected chi connectivity index (χ4v) is 1.74. The largest absolute Gasteiger partial charge is 0.573 e. The summed E-state index contributed by atoms with van der Waals surface area (Å²) < 4.78 is 45.4. The van der Waals surface area contributed by atoms with Crippen LogP contribution < -0.4 is 10.1 Å². The standard InChI is InChI=1S/C15H22F3NO2/c1-11(2)10-20-9-8-19-12(3)13-4-6-14(7-5-13)21-15(16,17)18/h4-7,11-12,19H,8-10H2,1-3H3. The molecule has 21 heavy (non-hydrogen) atoms. The maximum absolute atomic E-state index is 12.0. The van der Waals surface area contributed by atoms with Crippen LogP contribution >= 0.6 is 0 Å². The fourth-order valence-electron chi connectivity index (χ4n) is 1.74. The maximum atomic E-state index is 12.0. The van der Waals surface area contributed by atoms with Crippen molar-refractivity contribution in [1.29, 1.82) is 0 Å². The van der Waals surface area contributed by atoms with Crippen LogP contribution in [0.4, 0.5) is 13.2 Å². The van der Waals surface area contributed by atoms with Crippen molar-refractivity contribution in [3.63, 3.8) is 0 Å². The van der Waals surface area contributed by atoms with E-state index in [1.807, 2.05) is 6.92 Å². The lowest BCUT2D eigenvalue weighted by Gasteiger charge is -2.15. The molecule has 0 aliphatic heterocycles. The van der Waals surface area contributed by atoms with Crippen molar-refractivity contribution in [3.8, 4) is 5.75 Å². The summed E-state index contributed by atoms with van der Waals surface area (Å²) in [5.74, 6) is 0.294. The Morgan fingerprint density at radius 2 is 1.71 bits per heavy atom. The number of ether oxygens (including phenoxy) is 2. The molecular weight excluding hydrogens is 283 g/mol. The van der Waals surface area contributed by atoms with Crippen LogP contribution in [0.2, 0.25) is 0 Å². The lowest BCUT2D eigenvalue weighted by atomic mass is 10.1. The zero-order valence-corrected chi connectivity index (χ0v) is 12.5. The molecule has 0 aliphatic rings. The molecule has 0 bridgehead atoms. The van der Waals surface area contributed by atoms with E-state index in [9.17, 15) is 13.2 Å². The number of benzene rings is 1. The second-order valence-corrected chi connectivity index (χ2v) is 5.26. The molecule has 1 rings (SSSR count). The van der Waals surface area contributed by atoms with E-state index >= 15 is 0 Å². The quantitative estimate of drug-likeness (QED) is 0.739. The third kappa shape index (κ3) is 7.92. The van der Waals surface area contributed by atoms with Gasteiger partial charge in [-0.1, -0.05) is 26.0 Å². The average Bonchev–Trinajstić information content (AvgIpc) is 2.36. The monoisotopic (exact) mass is 305 g/mol. The zero-order chi connectivity index (χ0) is 15.9. The first-order chi connectivity index (χ1) is 9.78. The van der Waals surface area contributed by atoms with Gasteiger partial charge in [0, 0.05) is 19.2 Å². The molecule has 0 aliphatic carbocycles. The van der Waals surface area contributed by atoms with Gasteiger partial charge < -0.3 is 14.8 Å². The Hall–Kier alpha value is -1.27. The van der Waals surface area contributed by atoms with Gasteiger partial charge in [-0.15, -0.1) is 13.2 Å². The molecule has 0 amide bonds. The number of rotatable bonds is 8. The molecule has 0 saturated carbocycles. The van der Waals surface area contributed by atoms with Crippen molar-refractivity contribution in [1.82, 2.24) is 5.32 Å². The summed E-state index contributed by atoms with van der Waals surface area (Å²) in [5, 5.41) is 3.25. The molecular formula is C15H22F3NO2. The van der Waals surface area contributed by atoms with Crippen LogP contribution in [0.1, 0.15) is 32.4 Å². The Bertz CT molecular complexity index is 404. The van der Waals surface area contributed by atoms with Gasteiger partial charge in [0.1, 0.15) is 5.75 Å². The lowest BCUT2D eigenvalue weighted by molar-refractivity contribution is -0.274. The molecule has 0 aromatic heterocycles. The second kappa shape index (κ2) is 8.24. The number of hydrogen-bond acceptors (Lipinski definition) is 3. The molecule has 0 radical (unpaired) electrons. The SMILES string of the molecule is CC(C)COCCNC(C)c1ccc(OC(F)(F)F)cc1. The predicted octanol–water partition coefficient (Wildman–Crippen LogP) is 3.91. The van der Waals surface area contributed by atoms with E-state index in [1.165, 1.54) is 12.1 Å². The van der Waals surface area contributed by atoms with Gasteiger partial charge in [0.2, 0.25) is 0 Å². The summed E-state index contributed by atoms with van der Waals surface area (Å²) in [6, 6.07) is 5.90. The van der Waals surface area contributed by atoms with Gasteiger partial charge in [-0.05, 0) is 30.5 Å². The fraction of sp³-hybridized carbons (Fsp3) is 0.600. The molecule has 0 saturated heterocycles. The lowest BCUT2D eigenvalue weighted by Crippen LogP contribution is -2.24. The summed E-state index contributed by atoms with van der Waals surface area (Å²) in [6.45, 7) is 8.13. The third-order valence-electron chi connectivity index (χ3n) is 2.76. The highest BCUT2D eigenvalue weighted by atomic mass is 19.4. The molecule has 1 aromatic carbocycles. The predicted molar refractivity (Wildman–Crippen MR) is 75.2 cm³/mol. The van der Waals surface area contributed by atoms with Crippen LogP contribution in [-0.2, 0) is 4.74 Å². The zero-order valence-electron chi connectivity index (χ0n) is 12.5. The van der Waals surface area contributed by atoms with Crippen LogP contribution in [0.15, 0.2) is 24.3 Å². The third-order valence-corrected chi connectivity index (χ3v) is 2.76. The molecule has 6 heteroatoms. The Labute approximate surface area is 123 Å². The molecule has 120 valence electrons. The number of nitrogens with one attached hydrogen (secondary N) is 1. The highest BCUT2D eigenvalue weighted by molar-refractivity contribution is 5.29. The minimum absolute atomic E-state index is 0.0348. The summed E-state index contributed by atoms with van der Waals surface area (Å²) in [7, 11) is 0. The minimum Gasteiger partial charge on any atom is -0.406 e. The minimum atomic E-state index is -4.65. The van der Waals surface area contributed by atoms with Crippen LogP contribution in [-0.4, -0.2) is 26.1 Å². The van der Waals surface area contributed by atoms with E-state index in [4.69, 9.17) is 4.74 Å². The molecule has 1 N–H and O–H groups in total. The van der Waals surface area contributed by atoms with Crippen molar-refractivity contribution in [3.05, 3.63) is 29.8 Å². The van der Waals surface area contributed by atoms with E-state index in [1.54, 1.807) is 12.1 Å². The average molecular weight is 305 g/mol. The Balaban J connectivity index is 2.36. The van der Waals surface area contributed by atoms with Crippen LogP contribution in [0.5, 0.6) is 5.75 Å². The van der Waals surface area contributed by atoms with Crippen LogP contribution in [0.3, 0.4) is 0 Å². The van der Waals surface area contributed by atoms with E-state index in [0.717, 1.165) is 12.2 Å². The maximum Gasteiger partial charge on any atom is 0.573 e. The van der Waals surface area contributed by atoms with Crippen molar-refractivity contribution in [2.45, 2.75) is 33.2 Å². The Morgan fingerprint density at radius 3 is 2.24 bits per heavy atom. The normalized spacial score (nSPS) is 13.5. The summed E-state index contributed by atoms with van der Waals surface area (Å²) in [6.07, 6.45) is -4.65. The highest BCUT2D eigenvalue weighted by Gasteiger charge is 2.30. The molecule has 0 heterocycles. The van der Waals surface area contributed by atoms with Crippen LogP contribution in [0, 0.1) is 5.92 Å². The second-order valence-electron chi connectivity index (χ2n) is 5.26. The van der Waals surface area contributed by atoms with Gasteiger partial charge >= 0.3 is 6.36 Å². The summed E-state index contributed by atoms with van der Waals surface area (Å²) in [4.78, 5) is 0. The van der Waals surface area contributed by atoms with Gasteiger partial charge in [-0.25, -0.2) is 0 Å². The van der Waals surface area contributed by atoms with Crippen molar-refractivity contribution < 1.29 is 22.6 Å². The number of hydrogen-bond donors (Lipinski definition) is 1. The molecule has 3 nitrogen and oxygen atoms in total. The van der Waals surface area contributed by atoms with Crippen molar-refractivity contribution in [2.24, 2.45) is 5.92 Å². The van der Waals surface area contributed by atoms with E-state index in [2.05, 4.69) is 23.9 Å². The van der Waals surface area contributed by atoms with Gasteiger partial charge in [0.05, 0.1) is 6.61 Å². The molecule has 1 aromatic rings. The summed E-state index contributed by atoms with van der Waals surface area (Å²) in [5.41, 5.74) is 0.897. The van der Waals surface area contributed by atoms with Gasteiger partial charge in [0.25, 0.3) is 0 Å². The van der Waals surface area contributed by atoms with Crippen LogP contribution in [0.25, 0.3) is 0 Å². The van der Waals surface area contributed by atoms with Crippen molar-refractivity contribution >= 4 is 0 Å². The van der Waals surface area contributed by atoms with Crippen molar-refractivity contribution in [2.75, 3.05) is 19.8 Å². The Kier molecular flexibility index (Phi) is 6.98. The number of alkyl halides is 3. The highest BCUT2D eigenvalue weighted by Crippen LogP contribution is 2.24. The molecule has 0 fully saturated rings. The van der Waals surface area contributed by atoms with E-state index < -0.39 is 6.36 Å². The first-order valence-electron chi connectivity index (χ1n) is 6.95. The van der Waals surface area contributed by atoms with E-state index in [-0.39, 0.29) is 11.8 Å². The van der Waals surface area contributed by atoms with E-state index in [0.29, 0.717) is 19.1 Å². The van der Waals surface area contributed by atoms with Gasteiger partial charge in [-0.3, -0.25) is 0 Å². The smallest absolute Gasteiger partial charge is 0.406 e. The first kappa shape index (κ1) is 17.8. The molecule has 0 spiro atoms.